The molecule has 0 aromatic carbocycles. The van der Waals surface area contributed by atoms with Crippen LogP contribution in [-0.2, 0) is 11.3 Å². The van der Waals surface area contributed by atoms with Crippen LogP contribution in [0.1, 0.15) is 30.1 Å². The van der Waals surface area contributed by atoms with Gasteiger partial charge in [-0.05, 0) is 31.4 Å². The first-order chi connectivity index (χ1) is 10.8. The van der Waals surface area contributed by atoms with E-state index in [0.717, 1.165) is 26.2 Å². The third-order valence-electron chi connectivity index (χ3n) is 4.40. The summed E-state index contributed by atoms with van der Waals surface area (Å²) in [5.41, 5.74) is 2.54. The predicted octanol–water partition coefficient (Wildman–Crippen LogP) is 2.62. The lowest BCUT2D eigenvalue weighted by atomic mass is 9.96. The Balaban J connectivity index is 1.76. The molecule has 3 rings (SSSR count). The van der Waals surface area contributed by atoms with Gasteiger partial charge in [0.15, 0.2) is 0 Å². The van der Waals surface area contributed by atoms with Crippen molar-refractivity contribution in [2.24, 2.45) is 0 Å². The lowest BCUT2D eigenvalue weighted by Crippen LogP contribution is -2.36. The summed E-state index contributed by atoms with van der Waals surface area (Å²) in [6, 6.07) is 2.12. The van der Waals surface area contributed by atoms with Crippen molar-refractivity contribution in [2.45, 2.75) is 32.2 Å². The highest BCUT2D eigenvalue weighted by Gasteiger charge is 2.25. The number of pyridine rings is 1. The van der Waals surface area contributed by atoms with Gasteiger partial charge < -0.3 is 14.2 Å². The zero-order chi connectivity index (χ0) is 15.4. The summed E-state index contributed by atoms with van der Waals surface area (Å²) in [5.74, 6) is 1.67. The minimum Gasteiger partial charge on any atom is -0.383 e. The molecule has 0 spiro atoms. The van der Waals surface area contributed by atoms with E-state index in [-0.39, 0.29) is 0 Å². The first-order valence-corrected chi connectivity index (χ1v) is 7.95. The van der Waals surface area contributed by atoms with Crippen molar-refractivity contribution in [3.8, 4) is 0 Å². The van der Waals surface area contributed by atoms with E-state index in [1.807, 2.05) is 18.6 Å². The third kappa shape index (κ3) is 3.14. The summed E-state index contributed by atoms with van der Waals surface area (Å²) in [6.45, 7) is 5.86. The fourth-order valence-corrected chi connectivity index (χ4v) is 3.29. The van der Waals surface area contributed by atoms with Crippen molar-refractivity contribution in [3.05, 3.63) is 42.2 Å². The van der Waals surface area contributed by atoms with E-state index in [1.54, 1.807) is 7.11 Å². The molecule has 1 unspecified atom stereocenters. The number of hydrogen-bond acceptors (Lipinski definition) is 4. The highest BCUT2D eigenvalue weighted by atomic mass is 16.5. The van der Waals surface area contributed by atoms with Gasteiger partial charge in [-0.15, -0.1) is 0 Å². The molecule has 3 heterocycles. The molecule has 118 valence electrons. The van der Waals surface area contributed by atoms with E-state index >= 15 is 0 Å². The maximum absolute atomic E-state index is 5.20. The second-order valence-corrected chi connectivity index (χ2v) is 5.92. The average Bonchev–Trinajstić information content (AvgIpc) is 3.02. The number of imidazole rings is 1. The van der Waals surface area contributed by atoms with Gasteiger partial charge in [0.2, 0.25) is 0 Å². The van der Waals surface area contributed by atoms with Gasteiger partial charge in [-0.1, -0.05) is 0 Å². The van der Waals surface area contributed by atoms with Crippen molar-refractivity contribution >= 4 is 5.69 Å². The normalized spacial score (nSPS) is 18.6. The fraction of sp³-hybridized carbons (Fsp3) is 0.529. The SMILES string of the molecule is COCCn1ccnc1C1CCCN(c2ccncc2C)C1. The summed E-state index contributed by atoms with van der Waals surface area (Å²) < 4.78 is 7.43. The summed E-state index contributed by atoms with van der Waals surface area (Å²) in [7, 11) is 1.74. The number of methoxy groups -OCH3 is 1. The van der Waals surface area contributed by atoms with Gasteiger partial charge in [0.1, 0.15) is 5.82 Å². The fourth-order valence-electron chi connectivity index (χ4n) is 3.29. The van der Waals surface area contributed by atoms with Crippen molar-refractivity contribution in [1.82, 2.24) is 14.5 Å². The monoisotopic (exact) mass is 300 g/mol. The first kappa shape index (κ1) is 15.0. The summed E-state index contributed by atoms with van der Waals surface area (Å²) in [4.78, 5) is 11.3. The zero-order valence-corrected chi connectivity index (χ0v) is 13.4. The summed E-state index contributed by atoms with van der Waals surface area (Å²) in [5, 5.41) is 0. The topological polar surface area (TPSA) is 43.2 Å². The Bertz CT molecular complexity index is 610. The van der Waals surface area contributed by atoms with Gasteiger partial charge in [0.25, 0.3) is 0 Å². The van der Waals surface area contributed by atoms with Crippen LogP contribution in [0.25, 0.3) is 0 Å². The second kappa shape index (κ2) is 6.92. The molecule has 0 N–H and O–H groups in total. The van der Waals surface area contributed by atoms with E-state index < -0.39 is 0 Å². The molecule has 5 nitrogen and oxygen atoms in total. The highest BCUT2D eigenvalue weighted by molar-refractivity contribution is 5.52. The molecule has 0 radical (unpaired) electrons. The smallest absolute Gasteiger partial charge is 0.113 e. The maximum Gasteiger partial charge on any atom is 0.113 e. The number of anilines is 1. The Morgan fingerprint density at radius 2 is 2.27 bits per heavy atom. The quantitative estimate of drug-likeness (QED) is 0.851. The number of rotatable bonds is 5. The van der Waals surface area contributed by atoms with Crippen LogP contribution < -0.4 is 4.90 Å². The van der Waals surface area contributed by atoms with Crippen LogP contribution in [0.5, 0.6) is 0 Å². The number of aromatic nitrogens is 3. The molecule has 0 amide bonds. The lowest BCUT2D eigenvalue weighted by Gasteiger charge is -2.35. The molecule has 0 bridgehead atoms. The van der Waals surface area contributed by atoms with Crippen LogP contribution in [0.15, 0.2) is 30.9 Å². The van der Waals surface area contributed by atoms with Crippen LogP contribution in [0, 0.1) is 6.92 Å². The Kier molecular flexibility index (Phi) is 4.73. The number of ether oxygens (including phenoxy) is 1. The number of aryl methyl sites for hydroxylation is 1. The second-order valence-electron chi connectivity index (χ2n) is 5.92. The average molecular weight is 300 g/mol. The van der Waals surface area contributed by atoms with Crippen molar-refractivity contribution in [1.29, 1.82) is 0 Å². The summed E-state index contributed by atoms with van der Waals surface area (Å²) >= 11 is 0. The largest absolute Gasteiger partial charge is 0.383 e. The lowest BCUT2D eigenvalue weighted by molar-refractivity contribution is 0.185. The van der Waals surface area contributed by atoms with Crippen molar-refractivity contribution in [2.75, 3.05) is 31.7 Å². The molecule has 1 saturated heterocycles. The molecule has 0 aliphatic carbocycles. The molecule has 5 heteroatoms. The Hall–Kier alpha value is -1.88. The maximum atomic E-state index is 5.20. The van der Waals surface area contributed by atoms with Gasteiger partial charge in [-0.2, -0.15) is 0 Å². The van der Waals surface area contributed by atoms with E-state index in [4.69, 9.17) is 4.74 Å². The molecule has 2 aromatic rings. The van der Waals surface area contributed by atoms with Crippen molar-refractivity contribution in [3.63, 3.8) is 0 Å². The molecule has 1 aliphatic rings. The molecule has 1 fully saturated rings. The van der Waals surface area contributed by atoms with E-state index in [9.17, 15) is 0 Å². The number of piperidine rings is 1. The molecule has 0 saturated carbocycles. The summed E-state index contributed by atoms with van der Waals surface area (Å²) in [6.07, 6.45) is 10.2. The minimum atomic E-state index is 0.480. The molecule has 1 aliphatic heterocycles. The van der Waals surface area contributed by atoms with E-state index in [1.165, 1.54) is 29.9 Å². The first-order valence-electron chi connectivity index (χ1n) is 7.95. The van der Waals surface area contributed by atoms with Crippen LogP contribution in [0.4, 0.5) is 5.69 Å². The van der Waals surface area contributed by atoms with Gasteiger partial charge in [0, 0.05) is 63.1 Å². The van der Waals surface area contributed by atoms with Gasteiger partial charge in [-0.3, -0.25) is 4.98 Å². The van der Waals surface area contributed by atoms with E-state index in [2.05, 4.69) is 38.6 Å². The highest BCUT2D eigenvalue weighted by Crippen LogP contribution is 2.30. The third-order valence-corrected chi connectivity index (χ3v) is 4.40. The Labute approximate surface area is 131 Å². The molecular formula is C17H24N4O. The van der Waals surface area contributed by atoms with Crippen molar-refractivity contribution < 1.29 is 4.74 Å². The number of nitrogens with zero attached hydrogens (tertiary/aromatic N) is 4. The van der Waals surface area contributed by atoms with E-state index in [0.29, 0.717) is 5.92 Å². The zero-order valence-electron chi connectivity index (χ0n) is 13.4. The Morgan fingerprint density at radius 3 is 3.09 bits per heavy atom. The van der Waals surface area contributed by atoms with Crippen LogP contribution >= 0.6 is 0 Å². The van der Waals surface area contributed by atoms with Crippen LogP contribution in [0.2, 0.25) is 0 Å². The number of hydrogen-bond donors (Lipinski definition) is 0. The molecule has 2 aromatic heterocycles. The molecule has 22 heavy (non-hydrogen) atoms. The van der Waals surface area contributed by atoms with Gasteiger partial charge >= 0.3 is 0 Å². The minimum absolute atomic E-state index is 0.480. The van der Waals surface area contributed by atoms with Crippen LogP contribution in [0.3, 0.4) is 0 Å². The molecular weight excluding hydrogens is 276 g/mol. The van der Waals surface area contributed by atoms with Gasteiger partial charge in [0.05, 0.1) is 6.61 Å². The standard InChI is InChI=1S/C17H24N4O/c1-14-12-18-6-5-16(14)21-8-3-4-15(13-21)17-19-7-9-20(17)10-11-22-2/h5-7,9,12,15H,3-4,8,10-11,13H2,1-2H3. The Morgan fingerprint density at radius 1 is 1.36 bits per heavy atom. The predicted molar refractivity (Wildman–Crippen MR) is 87.3 cm³/mol. The van der Waals surface area contributed by atoms with Crippen LogP contribution in [-0.4, -0.2) is 41.3 Å². The van der Waals surface area contributed by atoms with Gasteiger partial charge in [-0.25, -0.2) is 4.98 Å². The molecule has 1 atom stereocenters.